The second-order valence-electron chi connectivity index (χ2n) is 8.34. The number of hydrogen-bond donors (Lipinski definition) is 1. The van der Waals surface area contributed by atoms with Gasteiger partial charge in [0.2, 0.25) is 8.32 Å². The molecule has 148 valence electrons. The lowest BCUT2D eigenvalue weighted by atomic mass is 10.1. The molecule has 0 aromatic rings. The fraction of sp³-hybridized carbons (Fsp3) is 1.00. The van der Waals surface area contributed by atoms with Crippen LogP contribution in [0.25, 0.3) is 0 Å². The SMILES string of the molecule is CC(C)[Si](OCC(C(O)[C@H]1COC(C)(C)O1)[N+](=O)[O-])(C(C)C)C(C)C. The summed E-state index contributed by atoms with van der Waals surface area (Å²) in [7, 11) is -2.24. The van der Waals surface area contributed by atoms with Crippen molar-refractivity contribution in [3.8, 4) is 0 Å². The molecule has 25 heavy (non-hydrogen) atoms. The van der Waals surface area contributed by atoms with Crippen LogP contribution >= 0.6 is 0 Å². The number of hydrogen-bond acceptors (Lipinski definition) is 6. The zero-order valence-corrected chi connectivity index (χ0v) is 17.8. The average molecular weight is 378 g/mol. The summed E-state index contributed by atoms with van der Waals surface area (Å²) in [5, 5.41) is 22.1. The fourth-order valence-corrected chi connectivity index (χ4v) is 9.60. The van der Waals surface area contributed by atoms with Crippen LogP contribution in [0.1, 0.15) is 55.4 Å². The minimum atomic E-state index is -2.24. The van der Waals surface area contributed by atoms with Gasteiger partial charge >= 0.3 is 0 Å². The molecule has 0 aliphatic carbocycles. The molecule has 1 heterocycles. The molecular weight excluding hydrogens is 342 g/mol. The quantitative estimate of drug-likeness (QED) is 0.376. The molecule has 1 fully saturated rings. The number of aliphatic hydroxyl groups is 1. The van der Waals surface area contributed by atoms with Crippen molar-refractivity contribution in [2.75, 3.05) is 13.2 Å². The molecule has 0 spiro atoms. The Hall–Kier alpha value is -0.543. The van der Waals surface area contributed by atoms with Crippen molar-refractivity contribution in [2.45, 2.75) is 96.1 Å². The van der Waals surface area contributed by atoms with Crippen molar-refractivity contribution in [3.63, 3.8) is 0 Å². The Morgan fingerprint density at radius 2 is 1.68 bits per heavy atom. The van der Waals surface area contributed by atoms with Gasteiger partial charge in [-0.3, -0.25) is 10.1 Å². The van der Waals surface area contributed by atoms with Crippen LogP contribution < -0.4 is 0 Å². The van der Waals surface area contributed by atoms with Gasteiger partial charge in [0.05, 0.1) is 6.61 Å². The Morgan fingerprint density at radius 3 is 2.00 bits per heavy atom. The van der Waals surface area contributed by atoms with E-state index in [0.29, 0.717) is 16.6 Å². The summed E-state index contributed by atoms with van der Waals surface area (Å²) < 4.78 is 17.3. The van der Waals surface area contributed by atoms with E-state index in [1.165, 1.54) is 0 Å². The van der Waals surface area contributed by atoms with Gasteiger partial charge in [-0.2, -0.15) is 0 Å². The van der Waals surface area contributed by atoms with Gasteiger partial charge in [0.1, 0.15) is 12.7 Å². The lowest BCUT2D eigenvalue weighted by Gasteiger charge is -2.42. The molecule has 0 aromatic heterocycles. The van der Waals surface area contributed by atoms with E-state index in [1.807, 2.05) is 0 Å². The minimum Gasteiger partial charge on any atom is -0.409 e. The highest BCUT2D eigenvalue weighted by molar-refractivity contribution is 6.77. The van der Waals surface area contributed by atoms with Crippen LogP contribution in [0.5, 0.6) is 0 Å². The molecule has 0 saturated carbocycles. The van der Waals surface area contributed by atoms with Gasteiger partial charge in [0, 0.05) is 4.92 Å². The van der Waals surface area contributed by atoms with Gasteiger partial charge in [-0.1, -0.05) is 41.5 Å². The van der Waals surface area contributed by atoms with Gasteiger partial charge in [-0.05, 0) is 30.5 Å². The second-order valence-corrected chi connectivity index (χ2v) is 13.8. The molecule has 0 radical (unpaired) electrons. The largest absolute Gasteiger partial charge is 0.409 e. The standard InChI is InChI=1S/C17H35NO6Si/c1-11(2)25(12(3)4,13(5)6)23-9-14(18(20)21)16(19)15-10-22-17(7,8)24-15/h11-16,19H,9-10H2,1-8H3/t14?,15-,16?/m1/s1. The maximum Gasteiger partial charge on any atom is 0.262 e. The lowest BCUT2D eigenvalue weighted by Crippen LogP contribution is -2.53. The summed E-state index contributed by atoms with van der Waals surface area (Å²) in [5.74, 6) is -0.833. The maximum atomic E-state index is 11.6. The third kappa shape index (κ3) is 5.00. The molecule has 7 nitrogen and oxygen atoms in total. The number of nitro groups is 1. The van der Waals surface area contributed by atoms with Gasteiger partial charge in [0.25, 0.3) is 6.04 Å². The molecule has 1 aliphatic heterocycles. The Balaban J connectivity index is 2.92. The number of rotatable bonds is 9. The van der Waals surface area contributed by atoms with Crippen molar-refractivity contribution >= 4 is 8.32 Å². The summed E-state index contributed by atoms with van der Waals surface area (Å²) in [6, 6.07) is -1.23. The molecule has 1 N–H and O–H groups in total. The van der Waals surface area contributed by atoms with Crippen molar-refractivity contribution in [1.29, 1.82) is 0 Å². The molecular formula is C17H35NO6Si. The van der Waals surface area contributed by atoms with E-state index in [4.69, 9.17) is 13.9 Å². The van der Waals surface area contributed by atoms with E-state index in [1.54, 1.807) is 13.8 Å². The highest BCUT2D eigenvalue weighted by Gasteiger charge is 2.49. The maximum absolute atomic E-state index is 11.6. The van der Waals surface area contributed by atoms with Gasteiger partial charge < -0.3 is 19.0 Å². The van der Waals surface area contributed by atoms with Crippen LogP contribution in [0.4, 0.5) is 0 Å². The van der Waals surface area contributed by atoms with Crippen LogP contribution in [0, 0.1) is 10.1 Å². The van der Waals surface area contributed by atoms with E-state index in [2.05, 4.69) is 41.5 Å². The molecule has 0 amide bonds. The first kappa shape index (κ1) is 22.5. The van der Waals surface area contributed by atoms with Gasteiger partial charge in [-0.15, -0.1) is 0 Å². The van der Waals surface area contributed by atoms with Crippen molar-refractivity contribution in [1.82, 2.24) is 0 Å². The van der Waals surface area contributed by atoms with E-state index < -0.39 is 37.3 Å². The van der Waals surface area contributed by atoms with Crippen LogP contribution in [-0.4, -0.2) is 55.6 Å². The highest BCUT2D eigenvalue weighted by atomic mass is 28.4. The number of aliphatic hydroxyl groups excluding tert-OH is 1. The molecule has 0 bridgehead atoms. The zero-order valence-electron chi connectivity index (χ0n) is 16.8. The fourth-order valence-electron chi connectivity index (χ4n) is 4.15. The Labute approximate surface area is 152 Å². The molecule has 3 atom stereocenters. The van der Waals surface area contributed by atoms with Crippen LogP contribution in [0.2, 0.25) is 16.6 Å². The number of ether oxygens (including phenoxy) is 2. The van der Waals surface area contributed by atoms with Crippen molar-refractivity contribution in [2.24, 2.45) is 0 Å². The molecule has 2 unspecified atom stereocenters. The summed E-state index contributed by atoms with van der Waals surface area (Å²) >= 11 is 0. The Bertz CT molecular complexity index is 433. The predicted molar refractivity (Wildman–Crippen MR) is 98.7 cm³/mol. The predicted octanol–water partition coefficient (Wildman–Crippen LogP) is 3.34. The first-order valence-electron chi connectivity index (χ1n) is 9.12. The van der Waals surface area contributed by atoms with Gasteiger partial charge in [-0.25, -0.2) is 0 Å². The topological polar surface area (TPSA) is 91.1 Å². The van der Waals surface area contributed by atoms with E-state index in [0.717, 1.165) is 0 Å². The zero-order chi connectivity index (χ0) is 19.6. The van der Waals surface area contributed by atoms with Crippen LogP contribution in [-0.2, 0) is 13.9 Å². The lowest BCUT2D eigenvalue weighted by molar-refractivity contribution is -0.539. The summed E-state index contributed by atoms with van der Waals surface area (Å²) in [4.78, 5) is 11.1. The monoisotopic (exact) mass is 377 g/mol. The van der Waals surface area contributed by atoms with Gasteiger partial charge in [0.15, 0.2) is 11.9 Å². The molecule has 8 heteroatoms. The Kier molecular flexibility index (Phi) is 7.59. The molecule has 1 aliphatic rings. The second kappa shape index (κ2) is 8.43. The molecule has 0 aromatic carbocycles. The van der Waals surface area contributed by atoms with E-state index in [9.17, 15) is 15.2 Å². The third-order valence-electron chi connectivity index (χ3n) is 5.29. The Morgan fingerprint density at radius 1 is 1.20 bits per heavy atom. The normalized spacial score (nSPS) is 23.4. The minimum absolute atomic E-state index is 0.102. The van der Waals surface area contributed by atoms with Crippen molar-refractivity contribution < 1.29 is 23.9 Å². The first-order valence-corrected chi connectivity index (χ1v) is 11.3. The van der Waals surface area contributed by atoms with Crippen LogP contribution in [0.15, 0.2) is 0 Å². The van der Waals surface area contributed by atoms with E-state index >= 15 is 0 Å². The highest BCUT2D eigenvalue weighted by Crippen LogP contribution is 2.42. The third-order valence-corrected chi connectivity index (χ3v) is 11.4. The molecule has 1 rings (SSSR count). The van der Waals surface area contributed by atoms with E-state index in [-0.39, 0.29) is 13.2 Å². The van der Waals surface area contributed by atoms with Crippen molar-refractivity contribution in [3.05, 3.63) is 10.1 Å². The number of nitrogens with zero attached hydrogens (tertiary/aromatic N) is 1. The average Bonchev–Trinajstić information content (AvgIpc) is 2.81. The smallest absolute Gasteiger partial charge is 0.262 e. The first-order chi connectivity index (χ1) is 11.3. The summed E-state index contributed by atoms with van der Waals surface area (Å²) in [6.45, 7) is 16.2. The molecule has 1 saturated heterocycles. The summed E-state index contributed by atoms with van der Waals surface area (Å²) in [5.41, 5.74) is 0.964. The van der Waals surface area contributed by atoms with Crippen LogP contribution in [0.3, 0.4) is 0 Å². The summed E-state index contributed by atoms with van der Waals surface area (Å²) in [6.07, 6.45) is -1.99.